The van der Waals surface area contributed by atoms with Crippen molar-refractivity contribution in [2.45, 2.75) is 112 Å². The molecule has 2 heterocycles. The van der Waals surface area contributed by atoms with E-state index in [0.717, 1.165) is 22.3 Å². The number of rotatable bonds is 15. The predicted octanol–water partition coefficient (Wildman–Crippen LogP) is 6.96. The van der Waals surface area contributed by atoms with Crippen LogP contribution in [0.3, 0.4) is 0 Å². The molecule has 0 saturated heterocycles. The molecule has 0 aliphatic carbocycles. The lowest BCUT2D eigenvalue weighted by Crippen LogP contribution is -2.40. The second-order valence-corrected chi connectivity index (χ2v) is 15.7. The number of esters is 1. The van der Waals surface area contributed by atoms with Gasteiger partial charge in [-0.25, -0.2) is 29.1 Å². The second kappa shape index (κ2) is 23.7. The number of aliphatic hydroxyl groups is 2. The minimum absolute atomic E-state index is 0. The third-order valence-corrected chi connectivity index (χ3v) is 8.26. The van der Waals surface area contributed by atoms with E-state index in [0.29, 0.717) is 43.7 Å². The van der Waals surface area contributed by atoms with E-state index >= 15 is 0 Å². The highest BCUT2D eigenvalue weighted by atomic mass is 16.6. The standard InChI is InChI=1S/C22H31N3O5.C20H27N3O5.2CH4/c1-6-29-20(27)19-24-18(14-25(19)5)16-9-7-15(8-10-16)13-17(11-12-26)23-21(28)30-22(2,3)4;1-20(2,3)28-19(27)21-15(9-10-24)11-13-5-7-14(8-6-13)16-12-23(4)17(22-16)18(25)26;;/h7-10,14,17,26H,6,11-13H2,1-5H3,(H,23,28);5-8,12,15,24H,9-11H2,1-4H3,(H,21,27)(H,25,26);2*1H4/t17-;15-;;/m00../s1. The Balaban J connectivity index is 0.000000582. The molecule has 0 aliphatic heterocycles. The lowest BCUT2D eigenvalue weighted by molar-refractivity contribution is 0.0484. The van der Waals surface area contributed by atoms with E-state index in [-0.39, 0.29) is 51.8 Å². The summed E-state index contributed by atoms with van der Waals surface area (Å²) in [6, 6.07) is 14.7. The fourth-order valence-corrected chi connectivity index (χ4v) is 5.70. The summed E-state index contributed by atoms with van der Waals surface area (Å²) in [5.74, 6) is -1.31. The number of amides is 2. The number of nitrogens with zero attached hydrogens (tertiary/aromatic N) is 4. The Hall–Kier alpha value is -5.74. The van der Waals surface area contributed by atoms with Gasteiger partial charge in [0, 0.05) is 62.9 Å². The van der Waals surface area contributed by atoms with Crippen molar-refractivity contribution in [2.24, 2.45) is 14.1 Å². The molecular weight excluding hydrogens is 773 g/mol. The van der Waals surface area contributed by atoms with Crippen molar-refractivity contribution in [3.63, 3.8) is 0 Å². The van der Waals surface area contributed by atoms with Gasteiger partial charge in [-0.3, -0.25) is 0 Å². The van der Waals surface area contributed by atoms with Gasteiger partial charge < -0.3 is 49.3 Å². The molecule has 16 heteroatoms. The molecule has 0 unspecified atom stereocenters. The number of imidazole rings is 2. The Kier molecular flexibility index (Phi) is 20.7. The number of aryl methyl sites for hydroxylation is 2. The van der Waals surface area contributed by atoms with Gasteiger partial charge in [0.1, 0.15) is 11.2 Å². The Bertz CT molecular complexity index is 1960. The smallest absolute Gasteiger partial charge is 0.407 e. The predicted molar refractivity (Wildman–Crippen MR) is 231 cm³/mol. The van der Waals surface area contributed by atoms with Crippen LogP contribution >= 0.6 is 0 Å². The summed E-state index contributed by atoms with van der Waals surface area (Å²) in [7, 11) is 3.38. The summed E-state index contributed by atoms with van der Waals surface area (Å²) in [4.78, 5) is 55.6. The summed E-state index contributed by atoms with van der Waals surface area (Å²) in [5.41, 5.74) is 3.70. The van der Waals surface area contributed by atoms with E-state index in [2.05, 4.69) is 20.6 Å². The molecule has 2 atom stereocenters. The van der Waals surface area contributed by atoms with E-state index in [1.165, 1.54) is 4.57 Å². The van der Waals surface area contributed by atoms with E-state index < -0.39 is 35.3 Å². The van der Waals surface area contributed by atoms with Crippen molar-refractivity contribution in [1.82, 2.24) is 29.7 Å². The molecule has 332 valence electrons. The Morgan fingerprint density at radius 2 is 1.03 bits per heavy atom. The first kappa shape index (κ1) is 52.3. The molecule has 2 aromatic carbocycles. The first-order valence-corrected chi connectivity index (χ1v) is 19.1. The molecule has 0 spiro atoms. The van der Waals surface area contributed by atoms with Crippen molar-refractivity contribution < 1.29 is 48.7 Å². The van der Waals surface area contributed by atoms with Gasteiger partial charge in [0.15, 0.2) is 0 Å². The molecule has 0 fully saturated rings. The molecule has 2 aromatic heterocycles. The van der Waals surface area contributed by atoms with E-state index in [4.69, 9.17) is 19.3 Å². The number of ether oxygens (including phenoxy) is 3. The highest BCUT2D eigenvalue weighted by Crippen LogP contribution is 2.22. The molecule has 5 N–H and O–H groups in total. The van der Waals surface area contributed by atoms with Crippen molar-refractivity contribution in [3.8, 4) is 22.5 Å². The summed E-state index contributed by atoms with van der Waals surface area (Å²) in [6.07, 6.45) is 4.33. The van der Waals surface area contributed by atoms with Gasteiger partial charge in [0.05, 0.1) is 18.0 Å². The lowest BCUT2D eigenvalue weighted by atomic mass is 10.0. The number of carboxylic acid groups (broad SMARTS) is 1. The van der Waals surface area contributed by atoms with Crippen LogP contribution in [0.25, 0.3) is 22.5 Å². The number of aliphatic hydroxyl groups excluding tert-OH is 2. The normalized spacial score (nSPS) is 12.0. The molecular formula is C44H66N6O10. The maximum atomic E-state index is 12.0. The Morgan fingerprint density at radius 3 is 1.35 bits per heavy atom. The number of carbonyl (C=O) groups excluding carboxylic acids is 3. The first-order valence-electron chi connectivity index (χ1n) is 19.1. The number of aromatic carboxylic acids is 1. The summed E-state index contributed by atoms with van der Waals surface area (Å²) < 4.78 is 18.7. The average molecular weight is 839 g/mol. The van der Waals surface area contributed by atoms with Crippen LogP contribution in [0.15, 0.2) is 60.9 Å². The molecule has 0 bridgehead atoms. The lowest BCUT2D eigenvalue weighted by Gasteiger charge is -2.23. The zero-order chi connectivity index (χ0) is 43.2. The molecule has 4 rings (SSSR count). The van der Waals surface area contributed by atoms with Gasteiger partial charge >= 0.3 is 24.1 Å². The van der Waals surface area contributed by atoms with Crippen LogP contribution in [0.2, 0.25) is 0 Å². The zero-order valence-electron chi connectivity index (χ0n) is 34.9. The van der Waals surface area contributed by atoms with Crippen molar-refractivity contribution in [2.75, 3.05) is 19.8 Å². The topological polar surface area (TPSA) is 216 Å². The molecule has 0 saturated carbocycles. The molecule has 4 aromatic rings. The zero-order valence-corrected chi connectivity index (χ0v) is 34.9. The van der Waals surface area contributed by atoms with Crippen LogP contribution < -0.4 is 10.6 Å². The summed E-state index contributed by atoms with van der Waals surface area (Å²) in [6.45, 7) is 12.7. The van der Waals surface area contributed by atoms with E-state index in [9.17, 15) is 29.4 Å². The van der Waals surface area contributed by atoms with Crippen molar-refractivity contribution >= 4 is 24.1 Å². The summed E-state index contributed by atoms with van der Waals surface area (Å²) in [5, 5.41) is 33.3. The van der Waals surface area contributed by atoms with E-state index in [1.54, 1.807) is 79.5 Å². The van der Waals surface area contributed by atoms with E-state index in [1.807, 2.05) is 48.5 Å². The molecule has 60 heavy (non-hydrogen) atoms. The first-order chi connectivity index (χ1) is 27.2. The third kappa shape index (κ3) is 17.2. The molecule has 0 aliphatic rings. The SMILES string of the molecule is C.C.CCOC(=O)c1nc(-c2ccc(C[C@H](CCO)NC(=O)OC(C)(C)C)cc2)cn1C.Cn1cc(-c2ccc(C[C@H](CCO)NC(=O)OC(C)(C)C)cc2)nc1C(=O)O. The number of hydrogen-bond donors (Lipinski definition) is 5. The molecule has 0 radical (unpaired) electrons. The largest absolute Gasteiger partial charge is 0.475 e. The van der Waals surface area contributed by atoms with Crippen LogP contribution in [0.4, 0.5) is 9.59 Å². The average Bonchev–Trinajstić information content (AvgIpc) is 3.70. The maximum Gasteiger partial charge on any atom is 0.407 e. The maximum absolute atomic E-state index is 12.0. The van der Waals surface area contributed by atoms with Gasteiger partial charge in [0.25, 0.3) is 0 Å². The van der Waals surface area contributed by atoms with Gasteiger partial charge in [-0.2, -0.15) is 0 Å². The van der Waals surface area contributed by atoms with Crippen LogP contribution in [-0.4, -0.2) is 102 Å². The fourth-order valence-electron chi connectivity index (χ4n) is 5.70. The highest BCUT2D eigenvalue weighted by molar-refractivity contribution is 5.86. The van der Waals surface area contributed by atoms with Gasteiger partial charge in [-0.05, 0) is 85.3 Å². The third-order valence-electron chi connectivity index (χ3n) is 8.26. The number of hydrogen-bond acceptors (Lipinski definition) is 11. The number of benzene rings is 2. The monoisotopic (exact) mass is 838 g/mol. The Morgan fingerprint density at radius 1 is 0.667 bits per heavy atom. The number of carbonyl (C=O) groups is 4. The summed E-state index contributed by atoms with van der Waals surface area (Å²) >= 11 is 0. The van der Waals surface area contributed by atoms with Crippen molar-refractivity contribution in [1.29, 1.82) is 0 Å². The number of aromatic nitrogens is 4. The Labute approximate surface area is 354 Å². The van der Waals surface area contributed by atoms with Crippen LogP contribution in [0.5, 0.6) is 0 Å². The van der Waals surface area contributed by atoms with Crippen molar-refractivity contribution in [3.05, 3.63) is 83.7 Å². The minimum Gasteiger partial charge on any atom is -0.475 e. The number of carboxylic acids is 1. The van der Waals surface area contributed by atoms with Crippen LogP contribution in [0.1, 0.15) is 109 Å². The quantitative estimate of drug-likeness (QED) is 0.0607. The van der Waals surface area contributed by atoms with Gasteiger partial charge in [-0.1, -0.05) is 63.4 Å². The minimum atomic E-state index is -1.08. The van der Waals surface area contributed by atoms with Crippen LogP contribution in [0, 0.1) is 0 Å². The van der Waals surface area contributed by atoms with Gasteiger partial charge in [-0.15, -0.1) is 0 Å². The van der Waals surface area contributed by atoms with Crippen LogP contribution in [-0.2, 0) is 41.1 Å². The number of nitrogens with one attached hydrogen (secondary N) is 2. The second-order valence-electron chi connectivity index (χ2n) is 15.7. The highest BCUT2D eigenvalue weighted by Gasteiger charge is 2.22. The fraction of sp³-hybridized carbons (Fsp3) is 0.500. The van der Waals surface area contributed by atoms with Gasteiger partial charge in [0.2, 0.25) is 11.6 Å². The molecule has 16 nitrogen and oxygen atoms in total. The number of alkyl carbamates (subject to hydrolysis) is 2. The molecule has 2 amide bonds.